The van der Waals surface area contributed by atoms with Crippen LogP contribution < -0.4 is 4.90 Å². The summed E-state index contributed by atoms with van der Waals surface area (Å²) in [7, 11) is 0. The van der Waals surface area contributed by atoms with Gasteiger partial charge in [0.15, 0.2) is 0 Å². The van der Waals surface area contributed by atoms with Gasteiger partial charge in [-0.05, 0) is 62.9 Å². The number of pyridine rings is 1. The number of hydrogen-bond donors (Lipinski definition) is 0. The summed E-state index contributed by atoms with van der Waals surface area (Å²) in [5, 5.41) is 0. The minimum atomic E-state index is -0.644. The zero-order valence-corrected chi connectivity index (χ0v) is 20.4. The molecule has 7 nitrogen and oxygen atoms in total. The number of amides is 2. The van der Waals surface area contributed by atoms with Crippen molar-refractivity contribution in [3.05, 3.63) is 90.1 Å². The predicted molar refractivity (Wildman–Crippen MR) is 134 cm³/mol. The van der Waals surface area contributed by atoms with Crippen LogP contribution in [0.2, 0.25) is 0 Å². The first-order valence-electron chi connectivity index (χ1n) is 11.8. The van der Waals surface area contributed by atoms with E-state index in [-0.39, 0.29) is 18.7 Å². The molecule has 0 unspecified atom stereocenters. The Balaban J connectivity index is 1.50. The number of anilines is 2. The first-order chi connectivity index (χ1) is 16.8. The molecule has 2 heterocycles. The number of nitrogens with zero attached hydrogens (tertiary/aromatic N) is 3. The second-order valence-corrected chi connectivity index (χ2v) is 9.49. The van der Waals surface area contributed by atoms with Crippen LogP contribution in [0, 0.1) is 0 Å². The Morgan fingerprint density at radius 3 is 2.31 bits per heavy atom. The molecule has 1 atom stereocenters. The van der Waals surface area contributed by atoms with Gasteiger partial charge in [-0.2, -0.15) is 0 Å². The highest BCUT2D eigenvalue weighted by molar-refractivity contribution is 5.95. The van der Waals surface area contributed by atoms with E-state index in [1.54, 1.807) is 17.2 Å². The van der Waals surface area contributed by atoms with Gasteiger partial charge in [0.1, 0.15) is 18.0 Å². The average Bonchev–Trinajstić information content (AvgIpc) is 3.33. The number of rotatable bonds is 5. The van der Waals surface area contributed by atoms with Crippen molar-refractivity contribution in [1.29, 1.82) is 0 Å². The van der Waals surface area contributed by atoms with Crippen molar-refractivity contribution in [2.24, 2.45) is 0 Å². The minimum absolute atomic E-state index is 0.119. The quantitative estimate of drug-likeness (QED) is 0.416. The lowest BCUT2D eigenvalue weighted by Crippen LogP contribution is -2.34. The van der Waals surface area contributed by atoms with Crippen molar-refractivity contribution < 1.29 is 19.1 Å². The topological polar surface area (TPSA) is 72.0 Å². The maximum absolute atomic E-state index is 13.0. The average molecular weight is 474 g/mol. The van der Waals surface area contributed by atoms with Crippen LogP contribution in [-0.2, 0) is 16.1 Å². The molecule has 0 N–H and O–H groups in total. The Hall–Kier alpha value is -3.87. The summed E-state index contributed by atoms with van der Waals surface area (Å²) in [5.74, 6) is 0.449. The number of carbonyl (C=O) groups is 2. The van der Waals surface area contributed by atoms with Crippen molar-refractivity contribution in [2.75, 3.05) is 11.4 Å². The van der Waals surface area contributed by atoms with Crippen molar-refractivity contribution >= 4 is 23.7 Å². The lowest BCUT2D eigenvalue weighted by atomic mass is 10.1. The van der Waals surface area contributed by atoms with Crippen LogP contribution in [0.3, 0.4) is 0 Å². The van der Waals surface area contributed by atoms with E-state index in [1.165, 1.54) is 4.90 Å². The molecule has 4 rings (SSSR count). The number of hydrogen-bond acceptors (Lipinski definition) is 5. The van der Waals surface area contributed by atoms with E-state index in [2.05, 4.69) is 4.98 Å². The highest BCUT2D eigenvalue weighted by Gasteiger charge is 2.32. The predicted octanol–water partition coefficient (Wildman–Crippen LogP) is 6.63. The number of para-hydroxylation sites is 1. The molecular weight excluding hydrogens is 442 g/mol. The Morgan fingerprint density at radius 2 is 1.69 bits per heavy atom. The summed E-state index contributed by atoms with van der Waals surface area (Å²) in [5.41, 5.74) is 1.87. The van der Waals surface area contributed by atoms with E-state index in [4.69, 9.17) is 9.47 Å². The highest BCUT2D eigenvalue weighted by atomic mass is 16.6. The summed E-state index contributed by atoms with van der Waals surface area (Å²) in [6, 6.07) is 22.5. The fourth-order valence-corrected chi connectivity index (χ4v) is 4.08. The molecule has 0 saturated carbocycles. The molecule has 182 valence electrons. The molecule has 1 fully saturated rings. The molecule has 35 heavy (non-hydrogen) atoms. The molecule has 0 aliphatic carbocycles. The summed E-state index contributed by atoms with van der Waals surface area (Å²) >= 11 is 0. The molecule has 1 saturated heterocycles. The first-order valence-corrected chi connectivity index (χ1v) is 11.8. The lowest BCUT2D eigenvalue weighted by Gasteiger charge is -2.27. The Morgan fingerprint density at radius 1 is 1.00 bits per heavy atom. The van der Waals surface area contributed by atoms with Crippen LogP contribution in [-0.4, -0.2) is 34.2 Å². The second kappa shape index (κ2) is 10.6. The van der Waals surface area contributed by atoms with E-state index in [1.807, 2.05) is 87.5 Å². The minimum Gasteiger partial charge on any atom is -0.445 e. The molecule has 1 aliphatic rings. The van der Waals surface area contributed by atoms with E-state index in [0.717, 1.165) is 24.0 Å². The Bertz CT molecular complexity index is 1130. The molecule has 2 amide bonds. The fourth-order valence-electron chi connectivity index (χ4n) is 4.08. The van der Waals surface area contributed by atoms with Crippen molar-refractivity contribution in [2.45, 2.75) is 51.9 Å². The van der Waals surface area contributed by atoms with Gasteiger partial charge in [-0.1, -0.05) is 54.6 Å². The van der Waals surface area contributed by atoms with E-state index < -0.39 is 11.7 Å². The summed E-state index contributed by atoms with van der Waals surface area (Å²) in [4.78, 5) is 33.6. The van der Waals surface area contributed by atoms with Gasteiger partial charge in [0, 0.05) is 12.7 Å². The first kappa shape index (κ1) is 24.3. The van der Waals surface area contributed by atoms with Gasteiger partial charge in [-0.25, -0.2) is 19.5 Å². The maximum atomic E-state index is 13.0. The van der Waals surface area contributed by atoms with Gasteiger partial charge in [0.05, 0.1) is 11.7 Å². The molecule has 1 aromatic heterocycles. The molecule has 0 bridgehead atoms. The van der Waals surface area contributed by atoms with Crippen LogP contribution >= 0.6 is 0 Å². The molecular formula is C28H31N3O4. The highest BCUT2D eigenvalue weighted by Crippen LogP contribution is 2.34. The van der Waals surface area contributed by atoms with Gasteiger partial charge < -0.3 is 14.4 Å². The zero-order valence-electron chi connectivity index (χ0n) is 20.4. The standard InChI is InChI=1S/C28H31N3O4/c1-28(2,3)35-27(33)31(23-13-8-5-9-14-23)25-17-16-22(19-29-25)24-15-10-18-30(24)26(32)34-20-21-11-6-4-7-12-21/h4-9,11-14,16-17,19,24H,10,15,18,20H2,1-3H3/t24-/m1/s1. The van der Waals surface area contributed by atoms with E-state index in [0.29, 0.717) is 18.1 Å². The van der Waals surface area contributed by atoms with Gasteiger partial charge in [-0.15, -0.1) is 0 Å². The molecule has 0 spiro atoms. The second-order valence-electron chi connectivity index (χ2n) is 9.49. The van der Waals surface area contributed by atoms with Crippen LogP contribution in [0.5, 0.6) is 0 Å². The number of aromatic nitrogens is 1. The monoisotopic (exact) mass is 473 g/mol. The van der Waals surface area contributed by atoms with Gasteiger partial charge in [-0.3, -0.25) is 0 Å². The zero-order chi connectivity index (χ0) is 24.8. The summed E-state index contributed by atoms with van der Waals surface area (Å²) in [6.45, 7) is 6.36. The lowest BCUT2D eigenvalue weighted by molar-refractivity contribution is 0.0598. The molecule has 1 aliphatic heterocycles. The fraction of sp³-hybridized carbons (Fsp3) is 0.321. The van der Waals surface area contributed by atoms with Gasteiger partial charge >= 0.3 is 12.2 Å². The van der Waals surface area contributed by atoms with E-state index in [9.17, 15) is 9.59 Å². The Labute approximate surface area is 206 Å². The summed E-state index contributed by atoms with van der Waals surface area (Å²) < 4.78 is 11.2. The normalized spacial score (nSPS) is 15.5. The molecule has 7 heteroatoms. The molecule has 3 aromatic rings. The molecule has 2 aromatic carbocycles. The third-order valence-corrected chi connectivity index (χ3v) is 5.67. The van der Waals surface area contributed by atoms with Crippen LogP contribution in [0.25, 0.3) is 0 Å². The number of benzene rings is 2. The SMILES string of the molecule is CC(C)(C)OC(=O)N(c1ccccc1)c1ccc([C@H]2CCCN2C(=O)OCc2ccccc2)cn1. The smallest absolute Gasteiger partial charge is 0.420 e. The summed E-state index contributed by atoms with van der Waals surface area (Å²) in [6.07, 6.45) is 2.61. The number of ether oxygens (including phenoxy) is 2. The van der Waals surface area contributed by atoms with E-state index >= 15 is 0 Å². The number of likely N-dealkylation sites (tertiary alicyclic amines) is 1. The molecule has 0 radical (unpaired) electrons. The van der Waals surface area contributed by atoms with Crippen molar-refractivity contribution in [1.82, 2.24) is 9.88 Å². The van der Waals surface area contributed by atoms with Crippen molar-refractivity contribution in [3.8, 4) is 0 Å². The van der Waals surface area contributed by atoms with Gasteiger partial charge in [0.25, 0.3) is 0 Å². The largest absolute Gasteiger partial charge is 0.445 e. The Kier molecular flexibility index (Phi) is 7.34. The van der Waals surface area contributed by atoms with Crippen LogP contribution in [0.15, 0.2) is 79.0 Å². The maximum Gasteiger partial charge on any atom is 0.420 e. The van der Waals surface area contributed by atoms with Crippen molar-refractivity contribution in [3.63, 3.8) is 0 Å². The van der Waals surface area contributed by atoms with Crippen LogP contribution in [0.1, 0.15) is 50.8 Å². The third kappa shape index (κ3) is 6.18. The number of carbonyl (C=O) groups excluding carboxylic acids is 2. The van der Waals surface area contributed by atoms with Crippen LogP contribution in [0.4, 0.5) is 21.1 Å². The third-order valence-electron chi connectivity index (χ3n) is 5.67. The van der Waals surface area contributed by atoms with Gasteiger partial charge in [0.2, 0.25) is 0 Å².